The van der Waals surface area contributed by atoms with Crippen LogP contribution in [0, 0.1) is 0 Å². The van der Waals surface area contributed by atoms with Crippen LogP contribution in [0.4, 0.5) is 5.69 Å². The van der Waals surface area contributed by atoms with Gasteiger partial charge in [0.15, 0.2) is 11.5 Å². The molecule has 2 aromatic rings. The van der Waals surface area contributed by atoms with Crippen molar-refractivity contribution in [3.63, 3.8) is 0 Å². The van der Waals surface area contributed by atoms with Crippen LogP contribution < -0.4 is 19.7 Å². The predicted molar refractivity (Wildman–Crippen MR) is 125 cm³/mol. The van der Waals surface area contributed by atoms with Crippen LogP contribution in [-0.2, 0) is 19.5 Å². The molecule has 4 aliphatic heterocycles. The average Bonchev–Trinajstić information content (AvgIpc) is 3.56. The fourth-order valence-corrected chi connectivity index (χ4v) is 4.97. The standard InChI is InChI=1S/C22H26N2O2.C4H9N/c1-2-9-24(8-1)20-5-4-19-16-23(10-7-18(19)14-20)15-17-3-6-21-22(13-17)26-12-11-25-21;1-2-4-5-3-1/h3-6,13-14H,1-2,7-12,15-16H2;5H,1-4H2. The average molecular weight is 422 g/mol. The summed E-state index contributed by atoms with van der Waals surface area (Å²) < 4.78 is 11.3. The highest BCUT2D eigenvalue weighted by Crippen LogP contribution is 2.32. The van der Waals surface area contributed by atoms with Crippen LogP contribution >= 0.6 is 0 Å². The van der Waals surface area contributed by atoms with Crippen LogP contribution in [-0.4, -0.2) is 50.8 Å². The molecule has 0 aromatic heterocycles. The molecular formula is C26H35N3O2. The van der Waals surface area contributed by atoms with Gasteiger partial charge in [0.2, 0.25) is 0 Å². The van der Waals surface area contributed by atoms with E-state index in [0.29, 0.717) is 13.2 Å². The van der Waals surface area contributed by atoms with E-state index in [1.165, 1.54) is 74.2 Å². The van der Waals surface area contributed by atoms with Crippen LogP contribution in [0.3, 0.4) is 0 Å². The lowest BCUT2D eigenvalue weighted by atomic mass is 9.98. The lowest BCUT2D eigenvalue weighted by Gasteiger charge is -2.30. The highest BCUT2D eigenvalue weighted by molar-refractivity contribution is 5.52. The molecule has 0 aliphatic carbocycles. The quantitative estimate of drug-likeness (QED) is 0.811. The number of fused-ring (bicyclic) bond motifs is 2. The SMILES string of the molecule is C1CCNC1.c1cc2c(cc1CN1CCc3cc(N4CCCC4)ccc3C1)OCCO2. The Morgan fingerprint density at radius 1 is 0.774 bits per heavy atom. The lowest BCUT2D eigenvalue weighted by molar-refractivity contribution is 0.171. The fraction of sp³-hybridized carbons (Fsp3) is 0.538. The van der Waals surface area contributed by atoms with E-state index in [2.05, 4.69) is 45.4 Å². The first-order valence-corrected chi connectivity index (χ1v) is 12.0. The van der Waals surface area contributed by atoms with Gasteiger partial charge in [0.05, 0.1) is 0 Å². The molecule has 1 N–H and O–H groups in total. The Balaban J connectivity index is 0.000000361. The molecule has 166 valence electrons. The maximum absolute atomic E-state index is 5.72. The smallest absolute Gasteiger partial charge is 0.161 e. The first-order chi connectivity index (χ1) is 15.3. The van der Waals surface area contributed by atoms with E-state index in [4.69, 9.17) is 9.47 Å². The molecule has 2 aromatic carbocycles. The Bertz CT molecular complexity index is 867. The van der Waals surface area contributed by atoms with E-state index >= 15 is 0 Å². The summed E-state index contributed by atoms with van der Waals surface area (Å²) in [6.07, 6.45) is 6.59. The minimum atomic E-state index is 0.646. The van der Waals surface area contributed by atoms with Gasteiger partial charge in [0, 0.05) is 38.4 Å². The monoisotopic (exact) mass is 421 g/mol. The third-order valence-corrected chi connectivity index (χ3v) is 6.72. The summed E-state index contributed by atoms with van der Waals surface area (Å²) >= 11 is 0. The number of rotatable bonds is 3. The minimum absolute atomic E-state index is 0.646. The maximum Gasteiger partial charge on any atom is 0.161 e. The molecule has 0 saturated carbocycles. The molecule has 6 rings (SSSR count). The Labute approximate surface area is 186 Å². The van der Waals surface area contributed by atoms with E-state index in [1.807, 2.05) is 6.07 Å². The van der Waals surface area contributed by atoms with Gasteiger partial charge >= 0.3 is 0 Å². The van der Waals surface area contributed by atoms with Gasteiger partial charge in [-0.25, -0.2) is 0 Å². The van der Waals surface area contributed by atoms with Crippen LogP contribution in [0.2, 0.25) is 0 Å². The molecular weight excluding hydrogens is 386 g/mol. The Morgan fingerprint density at radius 2 is 1.58 bits per heavy atom. The molecule has 5 heteroatoms. The van der Waals surface area contributed by atoms with Crippen molar-refractivity contribution in [3.8, 4) is 11.5 Å². The van der Waals surface area contributed by atoms with Crippen LogP contribution in [0.25, 0.3) is 0 Å². The predicted octanol–water partition coefficient (Wildman–Crippen LogP) is 3.99. The molecule has 0 unspecified atom stereocenters. The third-order valence-electron chi connectivity index (χ3n) is 6.72. The highest BCUT2D eigenvalue weighted by atomic mass is 16.6. The van der Waals surface area contributed by atoms with Gasteiger partial charge in [0.25, 0.3) is 0 Å². The Kier molecular flexibility index (Phi) is 6.61. The molecule has 4 heterocycles. The molecule has 5 nitrogen and oxygen atoms in total. The number of nitrogens with one attached hydrogen (secondary N) is 1. The van der Waals surface area contributed by atoms with Crippen molar-refractivity contribution in [1.82, 2.24) is 10.2 Å². The summed E-state index contributed by atoms with van der Waals surface area (Å²) in [7, 11) is 0. The zero-order chi connectivity index (χ0) is 20.9. The second kappa shape index (κ2) is 9.92. The minimum Gasteiger partial charge on any atom is -0.486 e. The first-order valence-electron chi connectivity index (χ1n) is 12.0. The lowest BCUT2D eigenvalue weighted by Crippen LogP contribution is -2.30. The van der Waals surface area contributed by atoms with Crippen LogP contribution in [0.15, 0.2) is 36.4 Å². The number of ether oxygens (including phenoxy) is 2. The van der Waals surface area contributed by atoms with Crippen molar-refractivity contribution in [2.24, 2.45) is 0 Å². The number of nitrogens with zero attached hydrogens (tertiary/aromatic N) is 2. The molecule has 0 amide bonds. The van der Waals surface area contributed by atoms with Crippen molar-refractivity contribution in [1.29, 1.82) is 0 Å². The van der Waals surface area contributed by atoms with E-state index in [1.54, 1.807) is 0 Å². The summed E-state index contributed by atoms with van der Waals surface area (Å²) in [5, 5.41) is 3.22. The molecule has 4 aliphatic rings. The first kappa shape index (κ1) is 20.7. The van der Waals surface area contributed by atoms with Crippen molar-refractivity contribution < 1.29 is 9.47 Å². The Hall–Kier alpha value is -2.24. The number of anilines is 1. The molecule has 0 radical (unpaired) electrons. The van der Waals surface area contributed by atoms with Gasteiger partial charge in [-0.15, -0.1) is 0 Å². The van der Waals surface area contributed by atoms with Gasteiger partial charge in [-0.1, -0.05) is 12.1 Å². The van der Waals surface area contributed by atoms with E-state index in [0.717, 1.165) is 37.6 Å². The molecule has 31 heavy (non-hydrogen) atoms. The third kappa shape index (κ3) is 5.16. The summed E-state index contributed by atoms with van der Waals surface area (Å²) in [5.74, 6) is 1.76. The normalized spacial score (nSPS) is 20.2. The Morgan fingerprint density at radius 3 is 2.35 bits per heavy atom. The summed E-state index contributed by atoms with van der Waals surface area (Å²) in [6.45, 7) is 9.34. The van der Waals surface area contributed by atoms with Gasteiger partial charge in [-0.2, -0.15) is 0 Å². The zero-order valence-corrected chi connectivity index (χ0v) is 18.6. The van der Waals surface area contributed by atoms with Crippen LogP contribution in [0.5, 0.6) is 11.5 Å². The van der Waals surface area contributed by atoms with Crippen molar-refractivity contribution in [2.45, 2.75) is 45.2 Å². The maximum atomic E-state index is 5.72. The number of hydrogen-bond acceptors (Lipinski definition) is 5. The van der Waals surface area contributed by atoms with E-state index < -0.39 is 0 Å². The summed E-state index contributed by atoms with van der Waals surface area (Å²) in [5.41, 5.74) is 5.73. The molecule has 2 saturated heterocycles. The zero-order valence-electron chi connectivity index (χ0n) is 18.6. The van der Waals surface area contributed by atoms with E-state index in [9.17, 15) is 0 Å². The second-order valence-corrected chi connectivity index (χ2v) is 9.04. The highest BCUT2D eigenvalue weighted by Gasteiger charge is 2.20. The molecule has 0 atom stereocenters. The largest absolute Gasteiger partial charge is 0.486 e. The topological polar surface area (TPSA) is 37.0 Å². The second-order valence-electron chi connectivity index (χ2n) is 9.04. The summed E-state index contributed by atoms with van der Waals surface area (Å²) in [4.78, 5) is 5.06. The van der Waals surface area contributed by atoms with Gasteiger partial charge in [0.1, 0.15) is 13.2 Å². The van der Waals surface area contributed by atoms with E-state index in [-0.39, 0.29) is 0 Å². The molecule has 0 bridgehead atoms. The van der Waals surface area contributed by atoms with Crippen molar-refractivity contribution in [2.75, 3.05) is 50.8 Å². The van der Waals surface area contributed by atoms with Crippen LogP contribution in [0.1, 0.15) is 42.4 Å². The number of hydrogen-bond donors (Lipinski definition) is 1. The number of benzene rings is 2. The van der Waals surface area contributed by atoms with Crippen molar-refractivity contribution in [3.05, 3.63) is 53.1 Å². The summed E-state index contributed by atoms with van der Waals surface area (Å²) in [6, 6.07) is 13.4. The van der Waals surface area contributed by atoms with Crippen molar-refractivity contribution >= 4 is 5.69 Å². The molecule has 2 fully saturated rings. The fourth-order valence-electron chi connectivity index (χ4n) is 4.97. The van der Waals surface area contributed by atoms with Gasteiger partial charge in [-0.3, -0.25) is 4.90 Å². The molecule has 0 spiro atoms. The van der Waals surface area contributed by atoms with Gasteiger partial charge in [-0.05, 0) is 86.1 Å². The van der Waals surface area contributed by atoms with Gasteiger partial charge < -0.3 is 19.7 Å².